The molecule has 0 bridgehead atoms. The van der Waals surface area contributed by atoms with E-state index in [-0.39, 0.29) is 23.8 Å². The number of nitrogens with zero attached hydrogens (tertiary/aromatic N) is 2. The number of fused-ring (bicyclic) bond motifs is 1. The minimum absolute atomic E-state index is 0.0765. The van der Waals surface area contributed by atoms with Gasteiger partial charge in [-0.15, -0.1) is 0 Å². The summed E-state index contributed by atoms with van der Waals surface area (Å²) in [6.07, 6.45) is 1.49. The monoisotopic (exact) mass is 426 g/mol. The van der Waals surface area contributed by atoms with Crippen molar-refractivity contribution in [2.45, 2.75) is 24.9 Å². The van der Waals surface area contributed by atoms with Crippen LogP contribution >= 0.6 is 0 Å². The number of likely N-dealkylation sites (tertiary alicyclic amines) is 1. The second kappa shape index (κ2) is 8.75. The highest BCUT2D eigenvalue weighted by Crippen LogP contribution is 2.26. The summed E-state index contributed by atoms with van der Waals surface area (Å²) in [7, 11) is 0. The van der Waals surface area contributed by atoms with E-state index in [1.807, 2.05) is 94.4 Å². The number of hydrogen-bond donors (Lipinski definition) is 2. The Morgan fingerprint density at radius 2 is 1.41 bits per heavy atom. The maximum absolute atomic E-state index is 13.2. The van der Waals surface area contributed by atoms with Crippen molar-refractivity contribution in [2.24, 2.45) is 0 Å². The highest BCUT2D eigenvalue weighted by molar-refractivity contribution is 5.76. The normalized spacial score (nSPS) is 14.7. The van der Waals surface area contributed by atoms with Crippen LogP contribution in [0.1, 0.15) is 36.1 Å². The number of aromatic amines is 1. The molecule has 1 aliphatic rings. The second-order valence-electron chi connectivity index (χ2n) is 8.24. The first kappa shape index (κ1) is 20.1. The number of nitrogens with one attached hydrogen (secondary N) is 2. The maximum Gasteiger partial charge on any atom is 0.326 e. The molecule has 32 heavy (non-hydrogen) atoms. The molecule has 0 spiro atoms. The summed E-state index contributed by atoms with van der Waals surface area (Å²) < 4.78 is 1.85. The fourth-order valence-corrected chi connectivity index (χ4v) is 4.63. The van der Waals surface area contributed by atoms with Crippen molar-refractivity contribution in [3.8, 4) is 0 Å². The summed E-state index contributed by atoms with van der Waals surface area (Å²) in [6, 6.07) is 27.6. The molecule has 0 saturated carbocycles. The Balaban J connectivity index is 1.30. The third-order valence-electron chi connectivity index (χ3n) is 6.27. The number of carbonyl (C=O) groups excluding carboxylic acids is 1. The van der Waals surface area contributed by atoms with Crippen LogP contribution in [0.15, 0.2) is 89.7 Å². The van der Waals surface area contributed by atoms with Gasteiger partial charge in [-0.1, -0.05) is 72.8 Å². The van der Waals surface area contributed by atoms with Gasteiger partial charge in [-0.3, -0.25) is 4.57 Å². The second-order valence-corrected chi connectivity index (χ2v) is 8.24. The van der Waals surface area contributed by atoms with E-state index in [1.54, 1.807) is 0 Å². The molecule has 6 nitrogen and oxygen atoms in total. The van der Waals surface area contributed by atoms with Crippen LogP contribution in [0.2, 0.25) is 0 Å². The Kier molecular flexibility index (Phi) is 5.50. The maximum atomic E-state index is 13.2. The van der Waals surface area contributed by atoms with E-state index in [9.17, 15) is 9.59 Å². The van der Waals surface area contributed by atoms with Crippen LogP contribution in [-0.4, -0.2) is 33.6 Å². The topological polar surface area (TPSA) is 70.1 Å². The van der Waals surface area contributed by atoms with Gasteiger partial charge in [0.05, 0.1) is 17.1 Å². The molecule has 1 aromatic heterocycles. The lowest BCUT2D eigenvalue weighted by molar-refractivity contribution is 0.169. The zero-order valence-corrected chi connectivity index (χ0v) is 17.8. The molecule has 2 amide bonds. The number of urea groups is 1. The average molecular weight is 427 g/mol. The molecule has 4 aromatic rings. The molecule has 5 rings (SSSR count). The van der Waals surface area contributed by atoms with Gasteiger partial charge >= 0.3 is 11.7 Å². The van der Waals surface area contributed by atoms with Crippen LogP contribution in [0, 0.1) is 0 Å². The Hall–Kier alpha value is -3.80. The van der Waals surface area contributed by atoms with Crippen molar-refractivity contribution in [3.05, 3.63) is 107 Å². The van der Waals surface area contributed by atoms with Gasteiger partial charge in [0.2, 0.25) is 0 Å². The number of hydrogen-bond acceptors (Lipinski definition) is 2. The molecule has 0 atom stereocenters. The highest BCUT2D eigenvalue weighted by Gasteiger charge is 2.27. The number of aromatic nitrogens is 2. The predicted octanol–water partition coefficient (Wildman–Crippen LogP) is 4.47. The lowest BCUT2D eigenvalue weighted by atomic mass is 9.99. The van der Waals surface area contributed by atoms with Crippen LogP contribution in [0.3, 0.4) is 0 Å². The van der Waals surface area contributed by atoms with Gasteiger partial charge in [-0.05, 0) is 36.1 Å². The Bertz CT molecular complexity index is 1220. The van der Waals surface area contributed by atoms with Crippen molar-refractivity contribution >= 4 is 17.1 Å². The van der Waals surface area contributed by atoms with E-state index >= 15 is 0 Å². The Morgan fingerprint density at radius 1 is 0.844 bits per heavy atom. The summed E-state index contributed by atoms with van der Waals surface area (Å²) >= 11 is 0. The van der Waals surface area contributed by atoms with Crippen molar-refractivity contribution in [1.29, 1.82) is 0 Å². The molecule has 3 aromatic carbocycles. The third kappa shape index (κ3) is 3.91. The third-order valence-corrected chi connectivity index (χ3v) is 6.27. The highest BCUT2D eigenvalue weighted by atomic mass is 16.2. The predicted molar refractivity (Wildman–Crippen MR) is 126 cm³/mol. The molecule has 0 radical (unpaired) electrons. The molecule has 0 unspecified atom stereocenters. The first-order chi connectivity index (χ1) is 15.7. The fourth-order valence-electron chi connectivity index (χ4n) is 4.63. The smallest absolute Gasteiger partial charge is 0.326 e. The van der Waals surface area contributed by atoms with Crippen molar-refractivity contribution in [2.75, 3.05) is 13.1 Å². The van der Waals surface area contributed by atoms with E-state index in [0.717, 1.165) is 35.0 Å². The molecule has 0 aliphatic carbocycles. The van der Waals surface area contributed by atoms with E-state index in [1.165, 1.54) is 0 Å². The zero-order valence-electron chi connectivity index (χ0n) is 17.8. The summed E-state index contributed by atoms with van der Waals surface area (Å²) in [5, 5.41) is 3.22. The molecule has 1 fully saturated rings. The van der Waals surface area contributed by atoms with Crippen molar-refractivity contribution < 1.29 is 4.79 Å². The number of piperidine rings is 1. The van der Waals surface area contributed by atoms with Crippen LogP contribution in [0.4, 0.5) is 4.79 Å². The minimum Gasteiger partial charge on any atom is -0.327 e. The number of benzene rings is 3. The number of para-hydroxylation sites is 2. The Morgan fingerprint density at radius 3 is 2.03 bits per heavy atom. The number of H-pyrrole nitrogens is 1. The van der Waals surface area contributed by atoms with E-state index in [4.69, 9.17) is 0 Å². The number of carbonyl (C=O) groups is 1. The minimum atomic E-state index is -0.209. The number of amides is 2. The molecule has 2 N–H and O–H groups in total. The van der Waals surface area contributed by atoms with Gasteiger partial charge in [-0.2, -0.15) is 0 Å². The molecule has 6 heteroatoms. The van der Waals surface area contributed by atoms with Crippen LogP contribution in [0.5, 0.6) is 0 Å². The average Bonchev–Trinajstić information content (AvgIpc) is 3.19. The van der Waals surface area contributed by atoms with Gasteiger partial charge in [0.25, 0.3) is 0 Å². The van der Waals surface area contributed by atoms with Crippen molar-refractivity contribution in [3.63, 3.8) is 0 Å². The van der Waals surface area contributed by atoms with E-state index < -0.39 is 0 Å². The number of imidazole rings is 1. The molecule has 2 heterocycles. The molecular formula is C26H26N4O2. The molecule has 1 aliphatic heterocycles. The fraction of sp³-hybridized carbons (Fsp3) is 0.231. The van der Waals surface area contributed by atoms with Crippen LogP contribution < -0.4 is 11.0 Å². The van der Waals surface area contributed by atoms with Crippen molar-refractivity contribution in [1.82, 2.24) is 19.8 Å². The van der Waals surface area contributed by atoms with E-state index in [0.29, 0.717) is 13.1 Å². The van der Waals surface area contributed by atoms with E-state index in [2.05, 4.69) is 10.3 Å². The van der Waals surface area contributed by atoms with Crippen LogP contribution in [-0.2, 0) is 0 Å². The lowest BCUT2D eigenvalue weighted by Gasteiger charge is -2.34. The van der Waals surface area contributed by atoms with Gasteiger partial charge in [-0.25, -0.2) is 9.59 Å². The number of rotatable bonds is 4. The van der Waals surface area contributed by atoms with Gasteiger partial charge < -0.3 is 15.2 Å². The SMILES string of the molecule is O=C(NC(c1ccccc1)c1ccccc1)N1CCC(n2c(=O)[nH]c3ccccc32)CC1. The summed E-state index contributed by atoms with van der Waals surface area (Å²) in [4.78, 5) is 30.5. The standard InChI is InChI=1S/C26H26N4O2/c31-25(28-24(19-9-3-1-4-10-19)20-11-5-2-6-12-20)29-17-15-21(16-18-29)30-23-14-8-7-13-22(23)27-26(30)32/h1-14,21,24H,15-18H2,(H,27,32)(H,28,31). The van der Waals surface area contributed by atoms with Gasteiger partial charge in [0.15, 0.2) is 0 Å². The molecular weight excluding hydrogens is 400 g/mol. The molecule has 162 valence electrons. The summed E-state index contributed by atoms with van der Waals surface area (Å²) in [6.45, 7) is 1.22. The summed E-state index contributed by atoms with van der Waals surface area (Å²) in [5.41, 5.74) is 3.79. The zero-order chi connectivity index (χ0) is 21.9. The molecule has 1 saturated heterocycles. The summed E-state index contributed by atoms with van der Waals surface area (Å²) in [5.74, 6) is 0. The van der Waals surface area contributed by atoms with Gasteiger partial charge in [0, 0.05) is 19.1 Å². The Labute approximate surface area is 186 Å². The largest absolute Gasteiger partial charge is 0.327 e. The first-order valence-electron chi connectivity index (χ1n) is 11.1. The van der Waals surface area contributed by atoms with Gasteiger partial charge in [0.1, 0.15) is 0 Å². The first-order valence-corrected chi connectivity index (χ1v) is 11.1. The van der Waals surface area contributed by atoms with Crippen LogP contribution in [0.25, 0.3) is 11.0 Å². The lowest BCUT2D eigenvalue weighted by Crippen LogP contribution is -2.46. The quantitative estimate of drug-likeness (QED) is 0.506.